The predicted molar refractivity (Wildman–Crippen MR) is 158 cm³/mol. The minimum Gasteiger partial charge on any atom is -0.381 e. The van der Waals surface area contributed by atoms with Gasteiger partial charge in [0.05, 0.1) is 12.5 Å². The third-order valence-electron chi connectivity index (χ3n) is 8.72. The van der Waals surface area contributed by atoms with Gasteiger partial charge in [-0.05, 0) is 61.7 Å². The number of fused-ring (bicyclic) bond motifs is 1. The number of halogens is 2. The molecule has 5 nitrogen and oxygen atoms in total. The van der Waals surface area contributed by atoms with Crippen molar-refractivity contribution in [3.8, 4) is 0 Å². The molecule has 214 valence electrons. The number of ketones is 3. The average Bonchev–Trinajstić information content (AvgIpc) is 2.86. The summed E-state index contributed by atoms with van der Waals surface area (Å²) in [6, 6.07) is 0. The fourth-order valence-electron chi connectivity index (χ4n) is 6.43. The molecule has 0 saturated carbocycles. The van der Waals surface area contributed by atoms with Crippen LogP contribution >= 0.6 is 35.8 Å². The third kappa shape index (κ3) is 7.04. The van der Waals surface area contributed by atoms with Crippen LogP contribution in [0.1, 0.15) is 66.7 Å². The lowest BCUT2D eigenvalue weighted by molar-refractivity contribution is -0.141. The van der Waals surface area contributed by atoms with E-state index in [4.69, 9.17) is 27.9 Å². The number of hydrogen-bond acceptors (Lipinski definition) is 6. The van der Waals surface area contributed by atoms with Crippen molar-refractivity contribution in [3.05, 3.63) is 36.5 Å². The first kappa shape index (κ1) is 33.3. The van der Waals surface area contributed by atoms with Gasteiger partial charge in [-0.2, -0.15) is 0 Å². The first-order valence-corrected chi connectivity index (χ1v) is 14.9. The highest BCUT2D eigenvalue weighted by atomic mass is 35.5. The van der Waals surface area contributed by atoms with Crippen LogP contribution in [0.4, 0.5) is 0 Å². The van der Waals surface area contributed by atoms with Gasteiger partial charge >= 0.3 is 0 Å². The lowest BCUT2D eigenvalue weighted by Gasteiger charge is -2.52. The summed E-state index contributed by atoms with van der Waals surface area (Å²) < 4.78 is 2.81. The summed E-state index contributed by atoms with van der Waals surface area (Å²) in [5.74, 6) is -4.11. The number of ether oxygens (including phenoxy) is 1. The number of alkyl halides is 2. The lowest BCUT2D eigenvalue weighted by atomic mass is 9.52. The highest BCUT2D eigenvalue weighted by molar-refractivity contribution is 7.81. The van der Waals surface area contributed by atoms with Gasteiger partial charge in [0, 0.05) is 19.4 Å². The molecule has 0 aromatic rings. The van der Waals surface area contributed by atoms with Gasteiger partial charge in [0.15, 0.2) is 11.6 Å². The van der Waals surface area contributed by atoms with E-state index < -0.39 is 38.1 Å². The second kappa shape index (κ2) is 13.6. The van der Waals surface area contributed by atoms with Crippen molar-refractivity contribution in [2.24, 2.45) is 40.9 Å². The zero-order valence-electron chi connectivity index (χ0n) is 23.5. The summed E-state index contributed by atoms with van der Waals surface area (Å²) in [7, 11) is 1.50. The van der Waals surface area contributed by atoms with E-state index in [2.05, 4.69) is 31.7 Å². The molecule has 0 radical (unpaired) electrons. The maximum absolute atomic E-state index is 14.5. The molecule has 0 bridgehead atoms. The van der Waals surface area contributed by atoms with Gasteiger partial charge in [-0.15, -0.1) is 12.6 Å². The molecular weight excluding hydrogens is 543 g/mol. The number of hydrogen-bond donors (Lipinski definition) is 2. The maximum atomic E-state index is 14.5. The standard InChI is InChI=1S/C30H44Cl2O5S/c1-7-21-13-11-10-12-19(4)16-24(33)20(5)26(34)30(31,32)27(35)25-23(21)15-14-22(28(25,8-2)9-3)17-29(36,38)18-37-6/h10-15,19-23,25,36,38H,7-9,16-18H2,1-6H3/b12-10+,13-11-/t19-,20+,21+,22+,23-,25-,29-/m0/s1. The number of carbonyl (C=O) groups is 3. The minimum atomic E-state index is -2.38. The van der Waals surface area contributed by atoms with Gasteiger partial charge in [-0.25, -0.2) is 0 Å². The van der Waals surface area contributed by atoms with E-state index in [-0.39, 0.29) is 48.9 Å². The summed E-state index contributed by atoms with van der Waals surface area (Å²) in [5.41, 5.74) is -0.661. The Morgan fingerprint density at radius 3 is 2.18 bits per heavy atom. The Morgan fingerprint density at radius 2 is 1.63 bits per heavy atom. The zero-order chi connectivity index (χ0) is 28.9. The van der Waals surface area contributed by atoms with Gasteiger partial charge in [-0.3, -0.25) is 14.4 Å². The van der Waals surface area contributed by atoms with Gasteiger partial charge in [0.25, 0.3) is 0 Å². The molecular formula is C30H44Cl2O5S. The van der Waals surface area contributed by atoms with Crippen LogP contribution in [0.3, 0.4) is 0 Å². The molecule has 0 fully saturated rings. The van der Waals surface area contributed by atoms with Crippen LogP contribution in [0, 0.1) is 40.9 Å². The Labute approximate surface area is 243 Å². The van der Waals surface area contributed by atoms with E-state index in [1.165, 1.54) is 14.0 Å². The molecule has 0 aromatic carbocycles. The summed E-state index contributed by atoms with van der Waals surface area (Å²) >= 11 is 17.8. The van der Waals surface area contributed by atoms with E-state index in [1.54, 1.807) is 0 Å². The van der Waals surface area contributed by atoms with Crippen LogP contribution in [0.25, 0.3) is 0 Å². The SMILES string of the molecule is CC[C@@H]1/C=C\C=C\[C@H](C)CC(=O)[C@@H](C)C(=O)C(Cl)(Cl)C(=O)[C@@H]2[C@H]1C=C[C@H](C[C@](O)(S)COC)C2(CC)CC. The molecule has 1 N–H and O–H groups in total. The fourth-order valence-corrected chi connectivity index (χ4v) is 7.32. The van der Waals surface area contributed by atoms with Crippen LogP contribution in [0.15, 0.2) is 36.5 Å². The van der Waals surface area contributed by atoms with Crippen LogP contribution in [-0.2, 0) is 19.1 Å². The topological polar surface area (TPSA) is 80.7 Å². The number of Topliss-reactive ketones (excluding diaryl/α,β-unsaturated/α-hetero) is 3. The molecule has 0 heterocycles. The zero-order valence-corrected chi connectivity index (χ0v) is 25.9. The molecule has 0 aliphatic heterocycles. The maximum Gasteiger partial charge on any atom is 0.234 e. The number of allylic oxidation sites excluding steroid dienone is 6. The van der Waals surface area contributed by atoms with Gasteiger partial charge in [0.1, 0.15) is 10.7 Å². The van der Waals surface area contributed by atoms with Crippen molar-refractivity contribution >= 4 is 53.2 Å². The summed E-state index contributed by atoms with van der Waals surface area (Å²) in [6.07, 6.45) is 14.3. The Kier molecular flexibility index (Phi) is 11.9. The van der Waals surface area contributed by atoms with E-state index in [1.807, 2.05) is 45.1 Å². The van der Waals surface area contributed by atoms with Crippen LogP contribution in [-0.4, -0.2) is 45.4 Å². The molecule has 38 heavy (non-hydrogen) atoms. The number of rotatable bonds is 7. The average molecular weight is 588 g/mol. The van der Waals surface area contributed by atoms with Crippen molar-refractivity contribution in [1.29, 1.82) is 0 Å². The second-order valence-corrected chi connectivity index (χ2v) is 13.3. The van der Waals surface area contributed by atoms with Gasteiger partial charge in [-0.1, -0.05) is 87.4 Å². The highest BCUT2D eigenvalue weighted by Crippen LogP contribution is 2.56. The predicted octanol–water partition coefficient (Wildman–Crippen LogP) is 6.56. The second-order valence-electron chi connectivity index (χ2n) is 11.1. The largest absolute Gasteiger partial charge is 0.381 e. The van der Waals surface area contributed by atoms with Crippen LogP contribution < -0.4 is 0 Å². The van der Waals surface area contributed by atoms with Crippen LogP contribution in [0.2, 0.25) is 0 Å². The molecule has 7 atom stereocenters. The Morgan fingerprint density at radius 1 is 1.03 bits per heavy atom. The van der Waals surface area contributed by atoms with Crippen molar-refractivity contribution in [2.75, 3.05) is 13.7 Å². The van der Waals surface area contributed by atoms with E-state index in [9.17, 15) is 19.5 Å². The molecule has 0 aromatic heterocycles. The van der Waals surface area contributed by atoms with Crippen molar-refractivity contribution in [3.63, 3.8) is 0 Å². The summed E-state index contributed by atoms with van der Waals surface area (Å²) in [6.45, 7) is 9.50. The Balaban J connectivity index is 2.78. The molecule has 2 rings (SSSR count). The van der Waals surface area contributed by atoms with Crippen molar-refractivity contribution in [2.45, 2.75) is 76.0 Å². The smallest absolute Gasteiger partial charge is 0.234 e. The monoisotopic (exact) mass is 586 g/mol. The van der Waals surface area contributed by atoms with E-state index in [0.717, 1.165) is 6.42 Å². The van der Waals surface area contributed by atoms with E-state index >= 15 is 0 Å². The molecule has 2 aliphatic rings. The van der Waals surface area contributed by atoms with Gasteiger partial charge in [0.2, 0.25) is 4.33 Å². The number of carbonyl (C=O) groups excluding carboxylic acids is 3. The van der Waals surface area contributed by atoms with E-state index in [0.29, 0.717) is 12.8 Å². The minimum absolute atomic E-state index is 0.0180. The molecule has 2 aliphatic carbocycles. The first-order valence-electron chi connectivity index (χ1n) is 13.7. The summed E-state index contributed by atoms with van der Waals surface area (Å²) in [4.78, 5) is 39.5. The number of aliphatic hydroxyl groups is 1. The first-order chi connectivity index (χ1) is 17.7. The van der Waals surface area contributed by atoms with Gasteiger partial charge < -0.3 is 9.84 Å². The molecule has 0 unspecified atom stereocenters. The lowest BCUT2D eigenvalue weighted by Crippen LogP contribution is -2.55. The third-order valence-corrected chi connectivity index (χ3v) is 9.78. The summed E-state index contributed by atoms with van der Waals surface area (Å²) in [5, 5.41) is 10.9. The molecule has 0 saturated heterocycles. The normalized spacial score (nSPS) is 35.2. The van der Waals surface area contributed by atoms with Crippen LogP contribution in [0.5, 0.6) is 0 Å². The molecule has 0 amide bonds. The molecule has 8 heteroatoms. The Bertz CT molecular complexity index is 950. The highest BCUT2D eigenvalue weighted by Gasteiger charge is 2.58. The quantitative estimate of drug-likeness (QED) is 0.116. The Hall–Kier alpha value is -0.920. The number of thiol groups is 1. The fraction of sp³-hybridized carbons (Fsp3) is 0.700. The molecule has 0 spiro atoms. The van der Waals surface area contributed by atoms with Crippen molar-refractivity contribution in [1.82, 2.24) is 0 Å². The van der Waals surface area contributed by atoms with Crippen molar-refractivity contribution < 1.29 is 24.2 Å². The number of methoxy groups -OCH3 is 1.